The molecule has 0 spiro atoms. The largest absolute Gasteiger partial charge is 0.352 e. The lowest BCUT2D eigenvalue weighted by Gasteiger charge is -2.34. The van der Waals surface area contributed by atoms with Crippen molar-refractivity contribution < 1.29 is 18.0 Å². The molecule has 0 aliphatic rings. The van der Waals surface area contributed by atoms with Crippen LogP contribution in [0.1, 0.15) is 47.2 Å². The van der Waals surface area contributed by atoms with Gasteiger partial charge in [-0.3, -0.25) is 13.9 Å². The zero-order valence-electron chi connectivity index (χ0n) is 26.9. The van der Waals surface area contributed by atoms with Crippen molar-refractivity contribution in [2.24, 2.45) is 0 Å². The number of sulfonamides is 1. The predicted octanol–water partition coefficient (Wildman–Crippen LogP) is 6.28. The molecular formula is C37H43N3O4S. The van der Waals surface area contributed by atoms with Crippen LogP contribution in [0.3, 0.4) is 0 Å². The van der Waals surface area contributed by atoms with Gasteiger partial charge in [-0.2, -0.15) is 0 Å². The second-order valence-corrected chi connectivity index (χ2v) is 13.8. The molecule has 2 amide bonds. The zero-order valence-corrected chi connectivity index (χ0v) is 27.8. The van der Waals surface area contributed by atoms with Crippen LogP contribution in [0, 0.1) is 27.7 Å². The van der Waals surface area contributed by atoms with Gasteiger partial charge in [0.25, 0.3) is 10.0 Å². The molecule has 0 saturated heterocycles. The Morgan fingerprint density at radius 2 is 1.38 bits per heavy atom. The Bertz CT molecular complexity index is 1740. The van der Waals surface area contributed by atoms with Crippen LogP contribution >= 0.6 is 0 Å². The normalized spacial score (nSPS) is 12.1. The van der Waals surface area contributed by atoms with E-state index in [-0.39, 0.29) is 29.8 Å². The SMILES string of the molecule is Cc1ccc(S(=O)(=O)N(CC(=O)N(Cc2ccccc2C)C(Cc2ccccc2)C(=O)NC(C)C)c2ccc(C)cc2C)cc1. The van der Waals surface area contributed by atoms with Crippen LogP contribution < -0.4 is 9.62 Å². The molecule has 0 heterocycles. The third-order valence-electron chi connectivity index (χ3n) is 7.81. The number of carbonyl (C=O) groups is 2. The van der Waals surface area contributed by atoms with E-state index in [9.17, 15) is 18.0 Å². The van der Waals surface area contributed by atoms with Crippen LogP contribution in [-0.2, 0) is 32.6 Å². The molecule has 0 aliphatic heterocycles. The number of nitrogens with zero attached hydrogens (tertiary/aromatic N) is 2. The summed E-state index contributed by atoms with van der Waals surface area (Å²) in [5, 5.41) is 3.00. The fraction of sp³-hybridized carbons (Fsp3) is 0.297. The molecule has 0 aliphatic carbocycles. The van der Waals surface area contributed by atoms with Crippen molar-refractivity contribution in [2.45, 2.75) is 71.5 Å². The molecule has 0 saturated carbocycles. The van der Waals surface area contributed by atoms with E-state index in [0.717, 1.165) is 33.4 Å². The fourth-order valence-corrected chi connectivity index (χ4v) is 6.82. The Balaban J connectivity index is 1.84. The van der Waals surface area contributed by atoms with E-state index >= 15 is 0 Å². The minimum Gasteiger partial charge on any atom is -0.352 e. The number of hydrogen-bond donors (Lipinski definition) is 1. The Labute approximate surface area is 268 Å². The number of anilines is 1. The highest BCUT2D eigenvalue weighted by Gasteiger charge is 2.35. The van der Waals surface area contributed by atoms with E-state index in [1.54, 1.807) is 30.3 Å². The summed E-state index contributed by atoms with van der Waals surface area (Å²) in [5.74, 6) is -0.774. The molecule has 1 atom stereocenters. The zero-order chi connectivity index (χ0) is 32.7. The van der Waals surface area contributed by atoms with Crippen LogP contribution in [0.4, 0.5) is 5.69 Å². The number of aryl methyl sites for hydroxylation is 4. The molecule has 236 valence electrons. The van der Waals surface area contributed by atoms with Crippen LogP contribution in [-0.4, -0.2) is 43.8 Å². The molecule has 4 aromatic rings. The summed E-state index contributed by atoms with van der Waals surface area (Å²) in [4.78, 5) is 30.1. The van der Waals surface area contributed by atoms with Gasteiger partial charge in [-0.15, -0.1) is 0 Å². The van der Waals surface area contributed by atoms with E-state index in [4.69, 9.17) is 0 Å². The maximum Gasteiger partial charge on any atom is 0.264 e. The molecule has 0 aromatic heterocycles. The number of amides is 2. The average molecular weight is 626 g/mol. The quantitative estimate of drug-likeness (QED) is 0.201. The average Bonchev–Trinajstić information content (AvgIpc) is 2.99. The lowest BCUT2D eigenvalue weighted by molar-refractivity contribution is -0.140. The third kappa shape index (κ3) is 8.39. The molecule has 0 bridgehead atoms. The van der Waals surface area contributed by atoms with E-state index < -0.39 is 28.5 Å². The van der Waals surface area contributed by atoms with Crippen molar-refractivity contribution in [3.8, 4) is 0 Å². The van der Waals surface area contributed by atoms with Gasteiger partial charge in [-0.1, -0.05) is 90.0 Å². The molecule has 45 heavy (non-hydrogen) atoms. The van der Waals surface area contributed by atoms with Crippen molar-refractivity contribution >= 4 is 27.5 Å². The highest BCUT2D eigenvalue weighted by atomic mass is 32.2. The van der Waals surface area contributed by atoms with E-state index in [1.807, 2.05) is 108 Å². The smallest absolute Gasteiger partial charge is 0.264 e. The van der Waals surface area contributed by atoms with Gasteiger partial charge in [0.1, 0.15) is 12.6 Å². The standard InChI is InChI=1S/C37H43N3O4S/c1-26(2)38-37(42)35(23-31-13-8-7-9-14-31)39(24-32-15-11-10-12-29(32)5)36(41)25-40(34-21-18-28(4)22-30(34)6)45(43,44)33-19-16-27(3)17-20-33/h7-22,26,35H,23-25H2,1-6H3,(H,38,42). The first-order valence-corrected chi connectivity index (χ1v) is 16.7. The monoisotopic (exact) mass is 625 g/mol. The van der Waals surface area contributed by atoms with Gasteiger partial charge in [-0.05, 0) is 82.0 Å². The van der Waals surface area contributed by atoms with E-state index in [1.165, 1.54) is 9.21 Å². The third-order valence-corrected chi connectivity index (χ3v) is 9.59. The minimum absolute atomic E-state index is 0.0877. The van der Waals surface area contributed by atoms with Crippen molar-refractivity contribution in [1.29, 1.82) is 0 Å². The summed E-state index contributed by atoms with van der Waals surface area (Å²) in [6.45, 7) is 11.0. The van der Waals surface area contributed by atoms with Gasteiger partial charge < -0.3 is 10.2 Å². The second-order valence-electron chi connectivity index (χ2n) is 11.9. The van der Waals surface area contributed by atoms with Crippen LogP contribution in [0.5, 0.6) is 0 Å². The summed E-state index contributed by atoms with van der Waals surface area (Å²) in [7, 11) is -4.15. The maximum absolute atomic E-state index is 14.6. The Kier molecular flexibility index (Phi) is 10.8. The van der Waals surface area contributed by atoms with Crippen LogP contribution in [0.15, 0.2) is 102 Å². The molecule has 0 radical (unpaired) electrons. The van der Waals surface area contributed by atoms with Crippen molar-refractivity contribution in [3.63, 3.8) is 0 Å². The van der Waals surface area contributed by atoms with Crippen LogP contribution in [0.25, 0.3) is 0 Å². The van der Waals surface area contributed by atoms with Gasteiger partial charge >= 0.3 is 0 Å². The molecule has 4 rings (SSSR count). The van der Waals surface area contributed by atoms with E-state index in [2.05, 4.69) is 5.32 Å². The first kappa shape index (κ1) is 33.5. The van der Waals surface area contributed by atoms with Gasteiger partial charge in [-0.25, -0.2) is 8.42 Å². The number of nitrogens with one attached hydrogen (secondary N) is 1. The van der Waals surface area contributed by atoms with E-state index in [0.29, 0.717) is 5.69 Å². The molecule has 7 nitrogen and oxygen atoms in total. The number of rotatable bonds is 12. The van der Waals surface area contributed by atoms with Crippen molar-refractivity contribution in [1.82, 2.24) is 10.2 Å². The van der Waals surface area contributed by atoms with Gasteiger partial charge in [0.2, 0.25) is 11.8 Å². The highest BCUT2D eigenvalue weighted by molar-refractivity contribution is 7.92. The predicted molar refractivity (Wildman–Crippen MR) is 181 cm³/mol. The van der Waals surface area contributed by atoms with Gasteiger partial charge in [0, 0.05) is 19.0 Å². The minimum atomic E-state index is -4.15. The first-order valence-electron chi connectivity index (χ1n) is 15.2. The summed E-state index contributed by atoms with van der Waals surface area (Å²) in [6, 6.07) is 28.3. The summed E-state index contributed by atoms with van der Waals surface area (Å²) < 4.78 is 29.7. The number of benzene rings is 4. The summed E-state index contributed by atoms with van der Waals surface area (Å²) in [5.41, 5.74) is 5.77. The Morgan fingerprint density at radius 1 is 0.756 bits per heavy atom. The highest BCUT2D eigenvalue weighted by Crippen LogP contribution is 2.29. The number of hydrogen-bond acceptors (Lipinski definition) is 4. The maximum atomic E-state index is 14.6. The molecule has 8 heteroatoms. The molecule has 1 N–H and O–H groups in total. The van der Waals surface area contributed by atoms with Crippen molar-refractivity contribution in [2.75, 3.05) is 10.8 Å². The molecule has 4 aromatic carbocycles. The molecule has 0 fully saturated rings. The molecular weight excluding hydrogens is 582 g/mol. The first-order chi connectivity index (χ1) is 21.4. The van der Waals surface area contributed by atoms with Crippen LogP contribution in [0.2, 0.25) is 0 Å². The van der Waals surface area contributed by atoms with Gasteiger partial charge in [0.05, 0.1) is 10.6 Å². The van der Waals surface area contributed by atoms with Gasteiger partial charge in [0.15, 0.2) is 0 Å². The van der Waals surface area contributed by atoms with Crippen molar-refractivity contribution in [3.05, 3.63) is 130 Å². The lowest BCUT2D eigenvalue weighted by atomic mass is 10.0. The summed E-state index contributed by atoms with van der Waals surface area (Å²) >= 11 is 0. The summed E-state index contributed by atoms with van der Waals surface area (Å²) in [6.07, 6.45) is 0.269. The second kappa shape index (κ2) is 14.6. The number of carbonyl (C=O) groups excluding carboxylic acids is 2. The Morgan fingerprint density at radius 3 is 2.00 bits per heavy atom. The topological polar surface area (TPSA) is 86.8 Å². The molecule has 1 unspecified atom stereocenters. The fourth-order valence-electron chi connectivity index (χ4n) is 5.34. The lowest BCUT2D eigenvalue weighted by Crippen LogP contribution is -2.54. The Hall–Kier alpha value is -4.43.